The van der Waals surface area contributed by atoms with Crippen molar-refractivity contribution in [2.75, 3.05) is 10.6 Å². The Morgan fingerprint density at radius 3 is 1.03 bits per heavy atom. The van der Waals surface area contributed by atoms with Gasteiger partial charge in [0.25, 0.3) is 0 Å². The topological polar surface area (TPSA) is 41.1 Å². The van der Waals surface area contributed by atoms with E-state index in [2.05, 4.69) is 48.7 Å². The molecule has 0 spiro atoms. The highest BCUT2D eigenvalue weighted by atomic mass is 32.2. The number of nitrogens with one attached hydrogen (secondary N) is 2. The Hall–Kier alpha value is -3.37. The third kappa shape index (κ3) is 4.97. The minimum Gasteiger partial charge on any atom is -0.356 e. The molecule has 2 N–H and O–H groups in total. The van der Waals surface area contributed by atoms with Crippen LogP contribution in [0.1, 0.15) is 11.1 Å². The SMILES string of the molecule is Cc1ccc(Nc2ccc(S(=O)c3ccc(Nc4ccc(C)cc4)cc3)cc2)cc1. The summed E-state index contributed by atoms with van der Waals surface area (Å²) in [6.45, 7) is 4.14. The molecule has 4 heteroatoms. The maximum atomic E-state index is 12.9. The Balaban J connectivity index is 1.42. The van der Waals surface area contributed by atoms with Crippen LogP contribution in [-0.4, -0.2) is 4.21 Å². The molecule has 0 saturated heterocycles. The standard InChI is InChI=1S/C26H24N2OS/c1-19-3-7-21(8-4-19)27-23-11-15-25(16-12-23)30(29)26-17-13-24(14-18-26)28-22-9-5-20(2)6-10-22/h3-18,27-28H,1-2H3. The number of anilines is 4. The smallest absolute Gasteiger partial charge is 0.0849 e. The molecule has 0 aliphatic carbocycles. The lowest BCUT2D eigenvalue weighted by Crippen LogP contribution is -1.95. The first kappa shape index (κ1) is 19.9. The van der Waals surface area contributed by atoms with Crippen molar-refractivity contribution in [1.29, 1.82) is 0 Å². The lowest BCUT2D eigenvalue weighted by molar-refractivity contribution is 0.683. The fourth-order valence-electron chi connectivity index (χ4n) is 3.07. The van der Waals surface area contributed by atoms with Gasteiger partial charge in [-0.05, 0) is 86.6 Å². The molecule has 0 radical (unpaired) electrons. The van der Waals surface area contributed by atoms with Gasteiger partial charge in [-0.1, -0.05) is 35.4 Å². The van der Waals surface area contributed by atoms with Crippen LogP contribution in [-0.2, 0) is 10.8 Å². The first-order valence-corrected chi connectivity index (χ1v) is 11.0. The second-order valence-electron chi connectivity index (χ2n) is 7.30. The lowest BCUT2D eigenvalue weighted by Gasteiger charge is -2.09. The third-order valence-corrected chi connectivity index (χ3v) is 6.22. The van der Waals surface area contributed by atoms with Gasteiger partial charge in [0.05, 0.1) is 10.8 Å². The van der Waals surface area contributed by atoms with Crippen molar-refractivity contribution in [1.82, 2.24) is 0 Å². The van der Waals surface area contributed by atoms with Gasteiger partial charge in [-0.15, -0.1) is 0 Å². The highest BCUT2D eigenvalue weighted by Crippen LogP contribution is 2.24. The van der Waals surface area contributed by atoms with Gasteiger partial charge in [0.2, 0.25) is 0 Å². The monoisotopic (exact) mass is 412 g/mol. The van der Waals surface area contributed by atoms with Crippen LogP contribution in [0.25, 0.3) is 0 Å². The third-order valence-electron chi connectivity index (χ3n) is 4.82. The Morgan fingerprint density at radius 1 is 0.467 bits per heavy atom. The summed E-state index contributed by atoms with van der Waals surface area (Å²) < 4.78 is 12.9. The number of aryl methyl sites for hydroxylation is 2. The zero-order valence-corrected chi connectivity index (χ0v) is 17.9. The van der Waals surface area contributed by atoms with Crippen LogP contribution in [0.4, 0.5) is 22.7 Å². The molecule has 4 aromatic carbocycles. The van der Waals surface area contributed by atoms with Crippen molar-refractivity contribution >= 4 is 33.5 Å². The van der Waals surface area contributed by atoms with Gasteiger partial charge in [0.1, 0.15) is 0 Å². The van der Waals surface area contributed by atoms with Gasteiger partial charge in [0.15, 0.2) is 0 Å². The fourth-order valence-corrected chi connectivity index (χ4v) is 4.11. The molecular weight excluding hydrogens is 388 g/mol. The minimum atomic E-state index is -1.22. The molecule has 150 valence electrons. The first-order valence-electron chi connectivity index (χ1n) is 9.86. The molecule has 0 fully saturated rings. The molecular formula is C26H24N2OS. The first-order chi connectivity index (χ1) is 14.6. The molecule has 0 saturated carbocycles. The van der Waals surface area contributed by atoms with Gasteiger partial charge in [-0.25, -0.2) is 4.21 Å². The van der Waals surface area contributed by atoms with Gasteiger partial charge in [-0.2, -0.15) is 0 Å². The van der Waals surface area contributed by atoms with Crippen LogP contribution in [0.5, 0.6) is 0 Å². The van der Waals surface area contributed by atoms with Crippen molar-refractivity contribution in [3.05, 3.63) is 108 Å². The Labute approximate surface area is 180 Å². The predicted molar refractivity (Wildman–Crippen MR) is 126 cm³/mol. The normalized spacial score (nSPS) is 10.8. The van der Waals surface area contributed by atoms with Crippen molar-refractivity contribution in [3.63, 3.8) is 0 Å². The van der Waals surface area contributed by atoms with Crippen molar-refractivity contribution in [2.24, 2.45) is 0 Å². The summed E-state index contributed by atoms with van der Waals surface area (Å²) >= 11 is 0. The zero-order chi connectivity index (χ0) is 20.9. The van der Waals surface area contributed by atoms with Crippen LogP contribution >= 0.6 is 0 Å². The Morgan fingerprint density at radius 2 is 0.733 bits per heavy atom. The molecule has 0 heterocycles. The Kier molecular flexibility index (Phi) is 5.96. The zero-order valence-electron chi connectivity index (χ0n) is 17.1. The molecule has 3 nitrogen and oxygen atoms in total. The second kappa shape index (κ2) is 8.97. The summed E-state index contributed by atoms with van der Waals surface area (Å²) in [5.74, 6) is 0. The van der Waals surface area contributed by atoms with Crippen LogP contribution in [0.3, 0.4) is 0 Å². The molecule has 0 amide bonds. The van der Waals surface area contributed by atoms with E-state index in [0.717, 1.165) is 32.5 Å². The van der Waals surface area contributed by atoms with E-state index >= 15 is 0 Å². The maximum absolute atomic E-state index is 12.9. The molecule has 0 aliphatic heterocycles. The van der Waals surface area contributed by atoms with Gasteiger partial charge in [-0.3, -0.25) is 0 Å². The highest BCUT2D eigenvalue weighted by molar-refractivity contribution is 7.85. The van der Waals surface area contributed by atoms with Gasteiger partial charge in [0, 0.05) is 32.5 Å². The number of benzene rings is 4. The molecule has 30 heavy (non-hydrogen) atoms. The van der Waals surface area contributed by atoms with E-state index < -0.39 is 10.8 Å². The highest BCUT2D eigenvalue weighted by Gasteiger charge is 2.08. The van der Waals surface area contributed by atoms with Crippen molar-refractivity contribution in [3.8, 4) is 0 Å². The Bertz CT molecular complexity index is 1040. The summed E-state index contributed by atoms with van der Waals surface area (Å²) in [7, 11) is -1.22. The van der Waals surface area contributed by atoms with Crippen LogP contribution in [0.15, 0.2) is 107 Å². The average Bonchev–Trinajstić information content (AvgIpc) is 2.77. The van der Waals surface area contributed by atoms with E-state index in [1.807, 2.05) is 72.8 Å². The van der Waals surface area contributed by atoms with Crippen LogP contribution in [0, 0.1) is 13.8 Å². The van der Waals surface area contributed by atoms with E-state index in [-0.39, 0.29) is 0 Å². The molecule has 0 atom stereocenters. The lowest BCUT2D eigenvalue weighted by atomic mass is 10.2. The molecule has 4 rings (SSSR count). The van der Waals surface area contributed by atoms with Gasteiger partial charge >= 0.3 is 0 Å². The van der Waals surface area contributed by atoms with E-state index in [4.69, 9.17) is 0 Å². The molecule has 0 unspecified atom stereocenters. The van der Waals surface area contributed by atoms with E-state index in [1.54, 1.807) is 0 Å². The van der Waals surface area contributed by atoms with Crippen LogP contribution in [0.2, 0.25) is 0 Å². The molecule has 0 aromatic heterocycles. The number of hydrogen-bond donors (Lipinski definition) is 2. The largest absolute Gasteiger partial charge is 0.356 e. The summed E-state index contributed by atoms with van der Waals surface area (Å²) in [4.78, 5) is 1.56. The number of hydrogen-bond acceptors (Lipinski definition) is 3. The van der Waals surface area contributed by atoms with E-state index in [0.29, 0.717) is 0 Å². The summed E-state index contributed by atoms with van der Waals surface area (Å²) in [6.07, 6.45) is 0. The van der Waals surface area contributed by atoms with Crippen molar-refractivity contribution in [2.45, 2.75) is 23.6 Å². The van der Waals surface area contributed by atoms with Crippen molar-refractivity contribution < 1.29 is 4.21 Å². The second-order valence-corrected chi connectivity index (χ2v) is 8.78. The fraction of sp³-hybridized carbons (Fsp3) is 0.0769. The average molecular weight is 413 g/mol. The minimum absolute atomic E-state index is 0.781. The molecule has 0 bridgehead atoms. The van der Waals surface area contributed by atoms with E-state index in [9.17, 15) is 4.21 Å². The number of rotatable bonds is 6. The van der Waals surface area contributed by atoms with E-state index in [1.165, 1.54) is 11.1 Å². The predicted octanol–water partition coefficient (Wildman–Crippen LogP) is 6.96. The van der Waals surface area contributed by atoms with Gasteiger partial charge < -0.3 is 10.6 Å². The summed E-state index contributed by atoms with van der Waals surface area (Å²) in [5, 5.41) is 6.73. The molecule has 4 aromatic rings. The summed E-state index contributed by atoms with van der Waals surface area (Å²) in [5.41, 5.74) is 6.46. The van der Waals surface area contributed by atoms with Crippen LogP contribution < -0.4 is 10.6 Å². The quantitative estimate of drug-likeness (QED) is 0.360. The maximum Gasteiger partial charge on any atom is 0.0849 e. The molecule has 0 aliphatic rings. The summed E-state index contributed by atoms with van der Waals surface area (Å²) in [6, 6.07) is 32.0.